The van der Waals surface area contributed by atoms with E-state index in [2.05, 4.69) is 72.8 Å². The predicted octanol–water partition coefficient (Wildman–Crippen LogP) is 1.45. The summed E-state index contributed by atoms with van der Waals surface area (Å²) in [5.41, 5.74) is 4.03. The van der Waals surface area contributed by atoms with Crippen molar-refractivity contribution in [3.63, 3.8) is 0 Å². The van der Waals surface area contributed by atoms with Crippen LogP contribution in [0, 0.1) is 0 Å². The van der Waals surface area contributed by atoms with E-state index in [-0.39, 0.29) is 6.61 Å². The van der Waals surface area contributed by atoms with E-state index in [1.54, 1.807) is 0 Å². The van der Waals surface area contributed by atoms with E-state index in [4.69, 9.17) is 5.11 Å². The summed E-state index contributed by atoms with van der Waals surface area (Å²) >= 11 is 0. The van der Waals surface area contributed by atoms with Gasteiger partial charge in [-0.2, -0.15) is 0 Å². The lowest BCUT2D eigenvalue weighted by Crippen LogP contribution is -2.48. The Morgan fingerprint density at radius 1 is 0.682 bits per heavy atom. The van der Waals surface area contributed by atoms with Gasteiger partial charge in [0.05, 0.1) is 0 Å². The number of aliphatic hydroxyl groups is 1. The van der Waals surface area contributed by atoms with Crippen LogP contribution < -0.4 is 15.6 Å². The molecular weight excluding hydrogens is 284 g/mol. The van der Waals surface area contributed by atoms with Crippen molar-refractivity contribution >= 4 is 24.4 Å². The molecule has 4 rings (SSSR count). The smallest absolute Gasteiger partial charge is 0.134 e. The van der Waals surface area contributed by atoms with E-state index >= 15 is 0 Å². The number of hydrogen-bond acceptors (Lipinski definition) is 1. The zero-order valence-electron chi connectivity index (χ0n) is 12.4. The van der Waals surface area contributed by atoms with Crippen LogP contribution in [0.5, 0.6) is 0 Å². The quantitative estimate of drug-likeness (QED) is 0.568. The minimum atomic E-state index is -1.34. The molecule has 0 saturated carbocycles. The highest BCUT2D eigenvalue weighted by Gasteiger charge is 2.30. The first-order valence-electron chi connectivity index (χ1n) is 7.76. The summed E-state index contributed by atoms with van der Waals surface area (Å²) in [6.07, 6.45) is 0.736. The Labute approximate surface area is 132 Å². The van der Waals surface area contributed by atoms with Crippen LogP contribution in [0.1, 0.15) is 5.56 Å². The van der Waals surface area contributed by atoms with Crippen molar-refractivity contribution in [2.45, 2.75) is 6.42 Å². The Kier molecular flexibility index (Phi) is 3.41. The van der Waals surface area contributed by atoms with E-state index in [9.17, 15) is 0 Å². The van der Waals surface area contributed by atoms with Gasteiger partial charge in [-0.3, -0.25) is 0 Å². The molecular formula is C20H18OSi. The molecule has 1 heterocycles. The highest BCUT2D eigenvalue weighted by molar-refractivity contribution is 6.99. The Morgan fingerprint density at radius 3 is 1.77 bits per heavy atom. The lowest BCUT2D eigenvalue weighted by atomic mass is 10.1. The second-order valence-electron chi connectivity index (χ2n) is 5.82. The first-order chi connectivity index (χ1) is 10.9. The van der Waals surface area contributed by atoms with Crippen LogP contribution in [0.3, 0.4) is 0 Å². The van der Waals surface area contributed by atoms with E-state index in [1.165, 1.54) is 32.3 Å². The fourth-order valence-electron chi connectivity index (χ4n) is 3.52. The number of hydrogen-bond donors (Lipinski definition) is 1. The maximum absolute atomic E-state index is 9.07. The third-order valence-electron chi connectivity index (χ3n) is 4.55. The van der Waals surface area contributed by atoms with Gasteiger partial charge in [-0.25, -0.2) is 0 Å². The van der Waals surface area contributed by atoms with Crippen LogP contribution in [-0.2, 0) is 6.42 Å². The van der Waals surface area contributed by atoms with E-state index in [0.717, 1.165) is 6.42 Å². The van der Waals surface area contributed by atoms with Crippen molar-refractivity contribution in [1.82, 2.24) is 0 Å². The van der Waals surface area contributed by atoms with Gasteiger partial charge in [0.2, 0.25) is 0 Å². The molecule has 1 N–H and O–H groups in total. The molecule has 0 aromatic heterocycles. The Balaban J connectivity index is 1.84. The van der Waals surface area contributed by atoms with Crippen molar-refractivity contribution in [1.29, 1.82) is 0 Å². The zero-order valence-corrected chi connectivity index (χ0v) is 13.5. The summed E-state index contributed by atoms with van der Waals surface area (Å²) in [5, 5.41) is 13.6. The first-order valence-corrected chi connectivity index (χ1v) is 9.49. The van der Waals surface area contributed by atoms with Crippen LogP contribution >= 0.6 is 0 Å². The molecule has 0 spiro atoms. The Bertz CT molecular complexity index is 762. The van der Waals surface area contributed by atoms with Gasteiger partial charge in [0.25, 0.3) is 0 Å². The third-order valence-corrected chi connectivity index (χ3v) is 7.85. The van der Waals surface area contributed by atoms with Crippen molar-refractivity contribution in [2.24, 2.45) is 0 Å². The third kappa shape index (κ3) is 2.12. The van der Waals surface area contributed by atoms with Crippen LogP contribution in [0.15, 0.2) is 72.8 Å². The van der Waals surface area contributed by atoms with Gasteiger partial charge >= 0.3 is 0 Å². The summed E-state index contributed by atoms with van der Waals surface area (Å²) in [5.74, 6) is 0. The Morgan fingerprint density at radius 2 is 1.23 bits per heavy atom. The van der Waals surface area contributed by atoms with Gasteiger partial charge in [0.15, 0.2) is 0 Å². The molecule has 0 atom stereocenters. The molecule has 0 amide bonds. The van der Waals surface area contributed by atoms with Gasteiger partial charge in [-0.1, -0.05) is 78.0 Å². The van der Waals surface area contributed by atoms with E-state index in [1.807, 2.05) is 0 Å². The van der Waals surface area contributed by atoms with Gasteiger partial charge in [-0.15, -0.1) is 0 Å². The van der Waals surface area contributed by atoms with Crippen molar-refractivity contribution < 1.29 is 5.11 Å². The zero-order chi connectivity index (χ0) is 14.9. The van der Waals surface area contributed by atoms with Crippen LogP contribution in [0.4, 0.5) is 0 Å². The average molecular weight is 302 g/mol. The minimum absolute atomic E-state index is 0.214. The van der Waals surface area contributed by atoms with Gasteiger partial charge in [-0.05, 0) is 33.5 Å². The summed E-state index contributed by atoms with van der Waals surface area (Å²) in [6.45, 7) is 0.214. The Hall–Kier alpha value is -2.16. The standard InChI is InChI=1S/C20H18OSi/c21-14-13-15-9-11-16(12-10-15)22-19-7-3-1-5-17(19)18-6-2-4-8-20(18)22/h1-12,21-22H,13-14H2. The monoisotopic (exact) mass is 302 g/mol. The normalized spacial score (nSPS) is 13.0. The van der Waals surface area contributed by atoms with Crippen LogP contribution in [-0.4, -0.2) is 20.5 Å². The molecule has 0 unspecified atom stereocenters. The van der Waals surface area contributed by atoms with Crippen molar-refractivity contribution in [3.8, 4) is 11.1 Å². The van der Waals surface area contributed by atoms with Crippen LogP contribution in [0.25, 0.3) is 11.1 Å². The average Bonchev–Trinajstić information content (AvgIpc) is 2.91. The summed E-state index contributed by atoms with van der Waals surface area (Å²) in [7, 11) is -1.34. The van der Waals surface area contributed by atoms with Gasteiger partial charge < -0.3 is 5.11 Å². The molecule has 0 saturated heterocycles. The molecule has 0 aliphatic carbocycles. The molecule has 1 aliphatic heterocycles. The fourth-order valence-corrected chi connectivity index (χ4v) is 6.88. The number of aliphatic hydroxyl groups excluding tert-OH is 1. The van der Waals surface area contributed by atoms with Crippen molar-refractivity contribution in [3.05, 3.63) is 78.4 Å². The fraction of sp³-hybridized carbons (Fsp3) is 0.100. The molecule has 1 nitrogen and oxygen atoms in total. The SMILES string of the molecule is OCCc1ccc([SiH]2c3ccccc3-c3ccccc32)cc1. The molecule has 0 bridgehead atoms. The molecule has 3 aromatic rings. The van der Waals surface area contributed by atoms with Crippen molar-refractivity contribution in [2.75, 3.05) is 6.61 Å². The minimum Gasteiger partial charge on any atom is -0.396 e. The number of benzene rings is 3. The predicted molar refractivity (Wildman–Crippen MR) is 95.2 cm³/mol. The van der Waals surface area contributed by atoms with Gasteiger partial charge in [0, 0.05) is 6.61 Å². The summed E-state index contributed by atoms with van der Waals surface area (Å²) < 4.78 is 0. The first kappa shape index (κ1) is 13.5. The maximum Gasteiger partial charge on any atom is 0.134 e. The highest BCUT2D eigenvalue weighted by Crippen LogP contribution is 2.22. The maximum atomic E-state index is 9.07. The second kappa shape index (κ2) is 5.56. The molecule has 2 heteroatoms. The lowest BCUT2D eigenvalue weighted by molar-refractivity contribution is 0.299. The molecule has 3 aromatic carbocycles. The molecule has 1 aliphatic rings. The molecule has 0 fully saturated rings. The summed E-state index contributed by atoms with van der Waals surface area (Å²) in [4.78, 5) is 0. The van der Waals surface area contributed by atoms with Gasteiger partial charge in [0.1, 0.15) is 8.80 Å². The molecule has 0 radical (unpaired) electrons. The molecule has 108 valence electrons. The number of fused-ring (bicyclic) bond motifs is 3. The summed E-state index contributed by atoms with van der Waals surface area (Å²) in [6, 6.07) is 26.6. The van der Waals surface area contributed by atoms with E-state index < -0.39 is 8.80 Å². The lowest BCUT2D eigenvalue weighted by Gasteiger charge is -2.13. The van der Waals surface area contributed by atoms with E-state index in [0.29, 0.717) is 0 Å². The molecule has 22 heavy (non-hydrogen) atoms. The number of rotatable bonds is 3. The van der Waals surface area contributed by atoms with Crippen LogP contribution in [0.2, 0.25) is 0 Å². The topological polar surface area (TPSA) is 20.2 Å². The largest absolute Gasteiger partial charge is 0.396 e. The second-order valence-corrected chi connectivity index (χ2v) is 8.60. The highest BCUT2D eigenvalue weighted by atomic mass is 28.3.